The molecule has 3 amide bonds. The third kappa shape index (κ3) is 2.55. The number of anilines is 1. The highest BCUT2D eigenvalue weighted by atomic mass is 16.2. The van der Waals surface area contributed by atoms with Crippen molar-refractivity contribution in [2.24, 2.45) is 0 Å². The molecule has 24 heavy (non-hydrogen) atoms. The number of hydrogen-bond donors (Lipinski definition) is 2. The minimum absolute atomic E-state index is 0.0817. The first-order valence-corrected chi connectivity index (χ1v) is 8.84. The van der Waals surface area contributed by atoms with Gasteiger partial charge >= 0.3 is 6.03 Å². The van der Waals surface area contributed by atoms with Crippen LogP contribution in [0.4, 0.5) is 10.5 Å². The van der Waals surface area contributed by atoms with E-state index >= 15 is 0 Å². The highest BCUT2D eigenvalue weighted by Gasteiger charge is 2.38. The maximum absolute atomic E-state index is 13.2. The van der Waals surface area contributed by atoms with Gasteiger partial charge in [-0.15, -0.1) is 0 Å². The number of nitrogens with one attached hydrogen (secondary N) is 2. The van der Waals surface area contributed by atoms with Gasteiger partial charge in [-0.2, -0.15) is 0 Å². The van der Waals surface area contributed by atoms with Crippen molar-refractivity contribution < 1.29 is 9.59 Å². The largest absolute Gasteiger partial charge is 0.336 e. The third-order valence-electron chi connectivity index (χ3n) is 5.49. The molecule has 2 bridgehead atoms. The van der Waals surface area contributed by atoms with Gasteiger partial charge in [0.05, 0.1) is 0 Å². The lowest BCUT2D eigenvalue weighted by Crippen LogP contribution is -2.42. The molecule has 3 heterocycles. The summed E-state index contributed by atoms with van der Waals surface area (Å²) in [5.41, 5.74) is 2.55. The summed E-state index contributed by atoms with van der Waals surface area (Å²) in [6, 6.07) is 6.29. The zero-order valence-corrected chi connectivity index (χ0v) is 14.0. The minimum atomic E-state index is -0.0817. The molecular formula is C18H24N4O2. The van der Waals surface area contributed by atoms with Gasteiger partial charge in [0.2, 0.25) is 0 Å². The van der Waals surface area contributed by atoms with Crippen molar-refractivity contribution in [1.29, 1.82) is 0 Å². The quantitative estimate of drug-likeness (QED) is 0.864. The molecule has 6 nitrogen and oxygen atoms in total. The predicted molar refractivity (Wildman–Crippen MR) is 92.4 cm³/mol. The number of carbonyl (C=O) groups is 2. The lowest BCUT2D eigenvalue weighted by molar-refractivity contribution is 0.0680. The number of hydrogen-bond acceptors (Lipinski definition) is 3. The number of fused-ring (bicyclic) bond motifs is 2. The van der Waals surface area contributed by atoms with Crippen LogP contribution in [0.3, 0.4) is 0 Å². The first kappa shape index (κ1) is 15.4. The fourth-order valence-electron chi connectivity index (χ4n) is 4.20. The SMILES string of the molecule is Cc1ccc(C(=O)N2[C@H]3CCNC[C@@H]2CC3)cc1N1CCNC1=O. The summed E-state index contributed by atoms with van der Waals surface area (Å²) in [7, 11) is 0. The molecule has 0 radical (unpaired) electrons. The Morgan fingerprint density at radius 1 is 1.17 bits per heavy atom. The third-order valence-corrected chi connectivity index (χ3v) is 5.49. The smallest absolute Gasteiger partial charge is 0.322 e. The summed E-state index contributed by atoms with van der Waals surface area (Å²) in [6.07, 6.45) is 3.21. The second-order valence-corrected chi connectivity index (χ2v) is 6.98. The van der Waals surface area contributed by atoms with E-state index in [0.717, 1.165) is 43.6 Å². The first-order chi connectivity index (χ1) is 11.6. The van der Waals surface area contributed by atoms with E-state index < -0.39 is 0 Å². The van der Waals surface area contributed by atoms with Gasteiger partial charge in [-0.05, 0) is 50.4 Å². The van der Waals surface area contributed by atoms with Crippen molar-refractivity contribution in [2.75, 3.05) is 31.1 Å². The number of rotatable bonds is 2. The van der Waals surface area contributed by atoms with E-state index in [2.05, 4.69) is 15.5 Å². The predicted octanol–water partition coefficient (Wildman–Crippen LogP) is 1.49. The highest BCUT2D eigenvalue weighted by molar-refractivity contribution is 5.99. The zero-order valence-electron chi connectivity index (χ0n) is 14.0. The molecule has 3 fully saturated rings. The topological polar surface area (TPSA) is 64.7 Å². The molecule has 128 valence electrons. The molecule has 3 saturated heterocycles. The van der Waals surface area contributed by atoms with Gasteiger partial charge in [0.1, 0.15) is 0 Å². The molecule has 0 aromatic heterocycles. The van der Waals surface area contributed by atoms with Crippen molar-refractivity contribution in [3.05, 3.63) is 29.3 Å². The van der Waals surface area contributed by atoms with Crippen molar-refractivity contribution in [2.45, 2.75) is 38.3 Å². The maximum atomic E-state index is 13.2. The summed E-state index contributed by atoms with van der Waals surface area (Å²) in [5.74, 6) is 0.104. The van der Waals surface area contributed by atoms with Gasteiger partial charge in [0.25, 0.3) is 5.91 Å². The number of urea groups is 1. The Morgan fingerprint density at radius 2 is 2.00 bits per heavy atom. The second-order valence-electron chi connectivity index (χ2n) is 6.98. The summed E-state index contributed by atoms with van der Waals surface area (Å²) in [5, 5.41) is 6.25. The Morgan fingerprint density at radius 3 is 2.79 bits per heavy atom. The van der Waals surface area contributed by atoms with Gasteiger partial charge in [0, 0.05) is 43.0 Å². The van der Waals surface area contributed by atoms with Gasteiger partial charge in [-0.25, -0.2) is 4.79 Å². The number of carbonyl (C=O) groups excluding carboxylic acids is 2. The van der Waals surface area contributed by atoms with Crippen LogP contribution in [0.1, 0.15) is 35.2 Å². The summed E-state index contributed by atoms with van der Waals surface area (Å²) >= 11 is 0. The van der Waals surface area contributed by atoms with Crippen molar-refractivity contribution in [3.63, 3.8) is 0 Å². The van der Waals surface area contributed by atoms with Gasteiger partial charge in [-0.3, -0.25) is 9.69 Å². The molecule has 3 aliphatic rings. The molecule has 0 saturated carbocycles. The van der Waals surface area contributed by atoms with Gasteiger partial charge < -0.3 is 15.5 Å². The number of benzene rings is 1. The van der Waals surface area contributed by atoms with Crippen molar-refractivity contribution in [3.8, 4) is 0 Å². The molecule has 0 aliphatic carbocycles. The Bertz CT molecular complexity index is 661. The van der Waals surface area contributed by atoms with Gasteiger partial charge in [-0.1, -0.05) is 6.07 Å². The molecule has 0 unspecified atom stereocenters. The molecule has 2 N–H and O–H groups in total. The Hall–Kier alpha value is -2.08. The van der Waals surface area contributed by atoms with Crippen molar-refractivity contribution in [1.82, 2.24) is 15.5 Å². The highest BCUT2D eigenvalue weighted by Crippen LogP contribution is 2.31. The average Bonchev–Trinajstić information content (AvgIpc) is 3.09. The number of amides is 3. The van der Waals surface area contributed by atoms with Crippen LogP contribution in [0.25, 0.3) is 0 Å². The minimum Gasteiger partial charge on any atom is -0.336 e. The van der Waals surface area contributed by atoms with Crippen LogP contribution in [-0.4, -0.2) is 55.1 Å². The maximum Gasteiger partial charge on any atom is 0.322 e. The van der Waals surface area contributed by atoms with E-state index in [-0.39, 0.29) is 11.9 Å². The number of aryl methyl sites for hydroxylation is 1. The van der Waals surface area contributed by atoms with E-state index in [4.69, 9.17) is 0 Å². The monoisotopic (exact) mass is 328 g/mol. The summed E-state index contributed by atoms with van der Waals surface area (Å²) in [6.45, 7) is 5.15. The van der Waals surface area contributed by atoms with E-state index in [1.807, 2.05) is 25.1 Å². The summed E-state index contributed by atoms with van der Waals surface area (Å²) in [4.78, 5) is 28.9. The molecule has 0 spiro atoms. The van der Waals surface area contributed by atoms with Crippen LogP contribution in [0.5, 0.6) is 0 Å². The molecule has 3 aliphatic heterocycles. The van der Waals surface area contributed by atoms with E-state index in [1.165, 1.54) is 0 Å². The molecule has 2 atom stereocenters. The van der Waals surface area contributed by atoms with Crippen LogP contribution >= 0.6 is 0 Å². The van der Waals surface area contributed by atoms with E-state index in [1.54, 1.807) is 4.90 Å². The molecule has 1 aromatic carbocycles. The lowest BCUT2D eigenvalue weighted by atomic mass is 10.1. The standard InChI is InChI=1S/C18H24N4O2/c1-12-2-3-13(10-16(12)21-9-8-20-18(21)24)17(23)22-14-4-5-15(22)11-19-7-6-14/h2-3,10,14-15,19H,4-9,11H2,1H3,(H,20,24)/t14-,15+/m1/s1. The molecular weight excluding hydrogens is 304 g/mol. The fourth-order valence-corrected chi connectivity index (χ4v) is 4.20. The molecule has 1 aromatic rings. The average molecular weight is 328 g/mol. The Labute approximate surface area is 142 Å². The van der Waals surface area contributed by atoms with Crippen LogP contribution in [-0.2, 0) is 0 Å². The fraction of sp³-hybridized carbons (Fsp3) is 0.556. The Balaban J connectivity index is 1.64. The van der Waals surface area contributed by atoms with Crippen LogP contribution in [0.2, 0.25) is 0 Å². The lowest BCUT2D eigenvalue weighted by Gasteiger charge is -2.28. The first-order valence-electron chi connectivity index (χ1n) is 8.84. The Kier molecular flexibility index (Phi) is 3.92. The molecule has 4 rings (SSSR count). The van der Waals surface area contributed by atoms with Crippen LogP contribution < -0.4 is 15.5 Å². The number of nitrogens with zero attached hydrogens (tertiary/aromatic N) is 2. The van der Waals surface area contributed by atoms with Crippen LogP contribution in [0, 0.1) is 6.92 Å². The normalized spacial score (nSPS) is 26.5. The van der Waals surface area contributed by atoms with E-state index in [0.29, 0.717) is 30.7 Å². The van der Waals surface area contributed by atoms with Crippen LogP contribution in [0.15, 0.2) is 18.2 Å². The van der Waals surface area contributed by atoms with Gasteiger partial charge in [0.15, 0.2) is 0 Å². The van der Waals surface area contributed by atoms with E-state index in [9.17, 15) is 9.59 Å². The second kappa shape index (κ2) is 6.09. The molecule has 6 heteroatoms. The summed E-state index contributed by atoms with van der Waals surface area (Å²) < 4.78 is 0. The zero-order chi connectivity index (χ0) is 16.7. The van der Waals surface area contributed by atoms with Crippen molar-refractivity contribution >= 4 is 17.6 Å².